The van der Waals surface area contributed by atoms with Crippen molar-refractivity contribution in [1.82, 2.24) is 4.57 Å². The first kappa shape index (κ1) is 48.4. The zero-order valence-corrected chi connectivity index (χ0v) is 35.2. The molecule has 0 aliphatic rings. The number of hydrogen-bond acceptors (Lipinski definition) is 23. The summed E-state index contributed by atoms with van der Waals surface area (Å²) in [6, 6.07) is 8.06. The minimum absolute atomic E-state index is 0.0817. The zero-order chi connectivity index (χ0) is 47.1. The van der Waals surface area contributed by atoms with Crippen molar-refractivity contribution in [3.8, 4) is 28.9 Å². The Bertz CT molecular complexity index is 3020. The molecule has 64 heavy (non-hydrogen) atoms. The van der Waals surface area contributed by atoms with E-state index in [-0.39, 0.29) is 87.3 Å². The normalized spacial score (nSPS) is 12.3. The van der Waals surface area contributed by atoms with Gasteiger partial charge in [-0.15, -0.1) is 29.9 Å². The Morgan fingerprint density at radius 1 is 0.797 bits per heavy atom. The Morgan fingerprint density at radius 3 is 1.94 bits per heavy atom. The molecule has 26 nitrogen and oxygen atoms in total. The maximum absolute atomic E-state index is 12.7. The van der Waals surface area contributed by atoms with E-state index in [9.17, 15) is 61.1 Å². The van der Waals surface area contributed by atoms with Crippen LogP contribution >= 0.6 is 12.0 Å². The predicted octanol–water partition coefficient (Wildman–Crippen LogP) is 5.46. The van der Waals surface area contributed by atoms with Gasteiger partial charge in [0.05, 0.1) is 46.1 Å². The molecule has 0 unspecified atom stereocenters. The first-order valence-corrected chi connectivity index (χ1v) is 21.3. The van der Waals surface area contributed by atoms with Crippen LogP contribution in [0.25, 0.3) is 10.8 Å². The summed E-state index contributed by atoms with van der Waals surface area (Å²) in [4.78, 5) is 22.9. The molecule has 5 aromatic rings. The lowest BCUT2D eigenvalue weighted by atomic mass is 10.1. The van der Waals surface area contributed by atoms with Crippen LogP contribution in [0.2, 0.25) is 0 Å². The van der Waals surface area contributed by atoms with Crippen molar-refractivity contribution in [2.24, 2.45) is 36.4 Å². The van der Waals surface area contributed by atoms with Crippen molar-refractivity contribution in [3.63, 3.8) is 0 Å². The van der Waals surface area contributed by atoms with Crippen LogP contribution in [0.4, 0.5) is 34.1 Å². The van der Waals surface area contributed by atoms with E-state index >= 15 is 0 Å². The number of aromatic hydroxyl groups is 3. The number of fused-ring (bicyclic) bond motifs is 1. The Kier molecular flexibility index (Phi) is 15.3. The average molecular weight is 951 g/mol. The number of amides is 1. The maximum atomic E-state index is 12.7. The number of carbonyl (C=O) groups is 1. The number of aromatic nitrogens is 1. The number of phenols is 2. The van der Waals surface area contributed by atoms with Crippen molar-refractivity contribution >= 4 is 83.1 Å². The van der Waals surface area contributed by atoms with Gasteiger partial charge < -0.3 is 40.7 Å². The van der Waals surface area contributed by atoms with Crippen molar-refractivity contribution in [1.29, 1.82) is 0 Å². The highest BCUT2D eigenvalue weighted by Crippen LogP contribution is 2.49. The molecule has 0 aliphatic heterocycles. The number of nitrogens with two attached hydrogens (primary N) is 1. The van der Waals surface area contributed by atoms with Gasteiger partial charge >= 0.3 is 0 Å². The summed E-state index contributed by atoms with van der Waals surface area (Å²) in [5.41, 5.74) is 1.99. The van der Waals surface area contributed by atoms with Crippen molar-refractivity contribution < 1.29 is 80.4 Å². The molecule has 0 spiro atoms. The first-order chi connectivity index (χ1) is 30.2. The van der Waals surface area contributed by atoms with Crippen LogP contribution in [0, 0.1) is 6.92 Å². The summed E-state index contributed by atoms with van der Waals surface area (Å²) in [6.07, 6.45) is 0. The molecule has 29 heteroatoms. The van der Waals surface area contributed by atoms with E-state index in [1.54, 1.807) is 0 Å². The molecule has 1 amide bonds. The van der Waals surface area contributed by atoms with Gasteiger partial charge in [-0.05, 0) is 49.6 Å². The molecule has 0 radical (unpaired) electrons. The number of hydrogen-bond donors (Lipinski definition) is 9. The van der Waals surface area contributed by atoms with Crippen LogP contribution in [0.1, 0.15) is 22.8 Å². The van der Waals surface area contributed by atoms with Crippen LogP contribution in [0.15, 0.2) is 98.7 Å². The third-order valence-corrected chi connectivity index (χ3v) is 10.9. The highest BCUT2D eigenvalue weighted by atomic mass is 32.2. The number of primary amides is 1. The van der Waals surface area contributed by atoms with E-state index in [0.29, 0.717) is 6.07 Å². The molecule has 0 atom stereocenters. The molecule has 10 N–H and O–H groups in total. The number of aliphatic hydroxyl groups excluding tert-OH is 2. The van der Waals surface area contributed by atoms with Crippen LogP contribution in [-0.2, 0) is 36.2 Å². The van der Waals surface area contributed by atoms with E-state index < -0.39 is 89.0 Å². The van der Waals surface area contributed by atoms with Crippen molar-refractivity contribution in [2.75, 3.05) is 26.4 Å². The Labute approximate surface area is 363 Å². The molecular formula is C35H34N8O18S3. The molecule has 340 valence electrons. The molecule has 5 rings (SSSR count). The lowest BCUT2D eigenvalue weighted by Crippen LogP contribution is -2.30. The number of nitrogens with zero attached hydrogens (tertiary/aromatic N) is 7. The molecule has 0 saturated carbocycles. The van der Waals surface area contributed by atoms with E-state index in [1.807, 2.05) is 0 Å². The summed E-state index contributed by atoms with van der Waals surface area (Å²) in [7, 11) is -9.90. The second kappa shape index (κ2) is 20.2. The van der Waals surface area contributed by atoms with E-state index in [1.165, 1.54) is 19.9 Å². The number of azo groups is 3. The fourth-order valence-electron chi connectivity index (χ4n) is 5.72. The Hall–Kier alpha value is -6.67. The smallest absolute Gasteiger partial charge is 0.296 e. The highest BCUT2D eigenvalue weighted by molar-refractivity contribution is 7.94. The molecule has 4 aromatic carbocycles. The summed E-state index contributed by atoms with van der Waals surface area (Å²) in [6.45, 7) is 0.949. The molecule has 1 aromatic heterocycles. The quantitative estimate of drug-likeness (QED) is 0.0163. The highest BCUT2D eigenvalue weighted by Gasteiger charge is 2.24. The van der Waals surface area contributed by atoms with Crippen LogP contribution < -0.4 is 20.8 Å². The fraction of sp³-hybridized carbons (Fsp3) is 0.200. The SMILES string of the molecule is CCn1c(O)c(/N=N/c2ccc(/N=N/c3cc(OCCO)c(/N=N/c4c(SOOO)cc5cc(S(=O)(=O)O)cc(O)c5c4O)cc3OCCO)c(S(=O)(=O)O)c2)c(C)c(C(N)=O)c1=O. The van der Waals surface area contributed by atoms with Gasteiger partial charge in [0.25, 0.3) is 31.7 Å². The van der Waals surface area contributed by atoms with Gasteiger partial charge in [-0.25, -0.2) is 5.26 Å². The topological polar surface area (TPSA) is 406 Å². The van der Waals surface area contributed by atoms with Crippen LogP contribution in [0.5, 0.6) is 28.9 Å². The second-order valence-electron chi connectivity index (χ2n) is 12.6. The molecular weight excluding hydrogens is 917 g/mol. The first-order valence-electron chi connectivity index (χ1n) is 17.7. The predicted molar refractivity (Wildman–Crippen MR) is 219 cm³/mol. The van der Waals surface area contributed by atoms with Gasteiger partial charge in [0.1, 0.15) is 69.4 Å². The molecule has 0 aliphatic carbocycles. The van der Waals surface area contributed by atoms with Gasteiger partial charge in [0, 0.05) is 30.3 Å². The van der Waals surface area contributed by atoms with Gasteiger partial charge in [-0.1, -0.05) is 5.04 Å². The van der Waals surface area contributed by atoms with E-state index in [2.05, 4.69) is 40.1 Å². The van der Waals surface area contributed by atoms with Crippen LogP contribution in [-0.4, -0.2) is 93.6 Å². The van der Waals surface area contributed by atoms with Gasteiger partial charge in [-0.2, -0.15) is 21.9 Å². The maximum Gasteiger partial charge on any atom is 0.296 e. The fourth-order valence-corrected chi connectivity index (χ4v) is 7.39. The lowest BCUT2D eigenvalue weighted by molar-refractivity contribution is -0.432. The number of rotatable bonds is 19. The van der Waals surface area contributed by atoms with Gasteiger partial charge in [0.2, 0.25) is 5.88 Å². The summed E-state index contributed by atoms with van der Waals surface area (Å²) in [5.74, 6) is -3.77. The molecule has 0 bridgehead atoms. The van der Waals surface area contributed by atoms with E-state index in [4.69, 9.17) is 20.5 Å². The lowest BCUT2D eigenvalue weighted by Gasteiger charge is -2.13. The molecule has 0 fully saturated rings. The minimum atomic E-state index is -5.08. The van der Waals surface area contributed by atoms with Gasteiger partial charge in [0.15, 0.2) is 5.75 Å². The zero-order valence-electron chi connectivity index (χ0n) is 32.7. The number of pyridine rings is 1. The number of aliphatic hydroxyl groups is 2. The number of phenolic OH excluding ortho intramolecular Hbond substituents is 2. The Balaban J connectivity index is 1.60. The summed E-state index contributed by atoms with van der Waals surface area (Å²) in [5, 5.41) is 87.3. The standard InChI is InChI=1S/C35H34N8O18S3/c1-3-43-34(49)28(33(36)48)16(2)30(35(43)50)41-37-18-4-5-20(27(12-18)64(55,56)57)38-39-21-14-25(59-9-7-45)22(15-24(21)58-8-6-44)40-42-31-26(62-61-60-51)11-17-10-19(63(52,53)54)13-23(46)29(17)32(31)47/h4-5,10-15,44-47,50-51H,3,6-9H2,1-2H3,(H2,36,48)(H,52,53,54)(H,55,56,57)/b39-38+,41-37+,42-40+. The molecule has 0 saturated heterocycles. The van der Waals surface area contributed by atoms with Gasteiger partial charge in [-0.3, -0.25) is 23.3 Å². The third kappa shape index (κ3) is 10.7. The largest absolute Gasteiger partial charge is 0.507 e. The number of benzene rings is 4. The third-order valence-electron chi connectivity index (χ3n) is 8.52. The average Bonchev–Trinajstić information content (AvgIpc) is 3.22. The Morgan fingerprint density at radius 2 is 1.39 bits per heavy atom. The summed E-state index contributed by atoms with van der Waals surface area (Å²) < 4.78 is 84.7. The van der Waals surface area contributed by atoms with Crippen molar-refractivity contribution in [3.05, 3.63) is 70.0 Å². The monoisotopic (exact) mass is 950 g/mol. The number of ether oxygens (including phenoxy) is 2. The van der Waals surface area contributed by atoms with Crippen LogP contribution in [0.3, 0.4) is 0 Å². The molecule has 1 heterocycles. The van der Waals surface area contributed by atoms with Crippen molar-refractivity contribution in [2.45, 2.75) is 35.1 Å². The van der Waals surface area contributed by atoms with E-state index in [0.717, 1.165) is 41.0 Å². The second-order valence-corrected chi connectivity index (χ2v) is 16.1. The number of carbonyl (C=O) groups excluding carboxylic acids is 1. The minimum Gasteiger partial charge on any atom is -0.507 e. The summed E-state index contributed by atoms with van der Waals surface area (Å²) >= 11 is 0.247.